The number of methoxy groups -OCH3 is 1. The van der Waals surface area contributed by atoms with Crippen LogP contribution in [-0.4, -0.2) is 73.5 Å². The molecular weight excluding hydrogens is 538 g/mol. The Labute approximate surface area is 259 Å². The maximum absolute atomic E-state index is 5.54. The van der Waals surface area contributed by atoms with E-state index in [2.05, 4.69) is 105 Å². The fraction of sp³-hybridized carbons (Fsp3) is 0.486. The van der Waals surface area contributed by atoms with Gasteiger partial charge in [-0.15, -0.1) is 11.8 Å². The Balaban J connectivity index is 0.00000301. The summed E-state index contributed by atoms with van der Waals surface area (Å²) in [6.45, 7) is 14.2. The third kappa shape index (κ3) is 11.4. The number of fused-ring (bicyclic) bond motifs is 1. The predicted octanol–water partition coefficient (Wildman–Crippen LogP) is 7.89. The van der Waals surface area contributed by atoms with Crippen molar-refractivity contribution in [3.8, 4) is 5.75 Å². The molecule has 0 bridgehead atoms. The van der Waals surface area contributed by atoms with E-state index in [1.165, 1.54) is 35.7 Å². The standard InChI is InChI=1S/C34H48N4OS.CH5N/c1-8-13-32(29-14-10-16-30-28(29)15-11-20-35-30)37(6)26-40-23-12-21-38(9-2)22-19-27-17-18-33(39-7)31(24-27)36-25-34(3,4)5;1-2/h10-11,13-18,20,24-25H,8-9,12,19,21-23,26H2,1-7H3;2H2,1H3/b32-13+,36-25?;. The van der Waals surface area contributed by atoms with Crippen molar-refractivity contribution in [2.75, 3.05) is 52.5 Å². The van der Waals surface area contributed by atoms with E-state index < -0.39 is 0 Å². The fourth-order valence-electron chi connectivity index (χ4n) is 4.62. The molecule has 7 heteroatoms. The number of nitrogens with zero attached hydrogens (tertiary/aromatic N) is 4. The molecule has 2 N–H and O–H groups in total. The summed E-state index contributed by atoms with van der Waals surface area (Å²) in [5, 5.41) is 1.21. The van der Waals surface area contributed by atoms with Gasteiger partial charge in [0, 0.05) is 42.7 Å². The van der Waals surface area contributed by atoms with E-state index in [1.807, 2.05) is 36.3 Å². The predicted molar refractivity (Wildman–Crippen MR) is 186 cm³/mol. The Bertz CT molecular complexity index is 1260. The molecule has 0 aliphatic rings. The van der Waals surface area contributed by atoms with Crippen LogP contribution in [-0.2, 0) is 6.42 Å². The Hall–Kier alpha value is -2.87. The van der Waals surface area contributed by atoms with Crippen LogP contribution < -0.4 is 10.5 Å². The normalized spacial score (nSPS) is 12.1. The lowest BCUT2D eigenvalue weighted by Crippen LogP contribution is -2.27. The summed E-state index contributed by atoms with van der Waals surface area (Å²) in [4.78, 5) is 14.2. The van der Waals surface area contributed by atoms with E-state index in [9.17, 15) is 0 Å². The van der Waals surface area contributed by atoms with Gasteiger partial charge < -0.3 is 20.3 Å². The van der Waals surface area contributed by atoms with Gasteiger partial charge in [0.05, 0.1) is 18.5 Å². The van der Waals surface area contributed by atoms with Crippen LogP contribution in [0.1, 0.15) is 58.6 Å². The molecule has 0 radical (unpaired) electrons. The zero-order valence-corrected chi connectivity index (χ0v) is 28.0. The lowest BCUT2D eigenvalue weighted by molar-refractivity contribution is 0.293. The molecule has 0 aliphatic carbocycles. The fourth-order valence-corrected chi connectivity index (χ4v) is 5.50. The van der Waals surface area contributed by atoms with Crippen molar-refractivity contribution in [2.45, 2.75) is 53.9 Å². The van der Waals surface area contributed by atoms with Crippen molar-refractivity contribution in [3.63, 3.8) is 0 Å². The van der Waals surface area contributed by atoms with Gasteiger partial charge in [0.2, 0.25) is 0 Å². The average molecular weight is 592 g/mol. The highest BCUT2D eigenvalue weighted by molar-refractivity contribution is 7.99. The monoisotopic (exact) mass is 591 g/mol. The molecule has 0 unspecified atom stereocenters. The third-order valence-corrected chi connectivity index (χ3v) is 7.92. The van der Waals surface area contributed by atoms with Crippen LogP contribution in [0.3, 0.4) is 0 Å². The molecule has 0 atom stereocenters. The maximum atomic E-state index is 5.54. The SMILES string of the molecule is CC/C=C(\c1cccc2ncccc12)N(C)CSCCCN(CC)CCc1ccc(OC)c(N=CC(C)(C)C)c1.CN. The first-order chi connectivity index (χ1) is 20.3. The number of ether oxygens (including phenoxy) is 1. The Morgan fingerprint density at radius 1 is 1.07 bits per heavy atom. The van der Waals surface area contributed by atoms with Crippen LogP contribution in [0.4, 0.5) is 5.69 Å². The molecule has 230 valence electrons. The van der Waals surface area contributed by atoms with E-state index in [4.69, 9.17) is 9.73 Å². The molecule has 0 saturated heterocycles. The molecule has 1 heterocycles. The number of hydrogen-bond acceptors (Lipinski definition) is 7. The molecule has 6 nitrogen and oxygen atoms in total. The van der Waals surface area contributed by atoms with Crippen molar-refractivity contribution >= 4 is 40.3 Å². The van der Waals surface area contributed by atoms with Crippen LogP contribution >= 0.6 is 11.8 Å². The molecule has 0 aliphatic heterocycles. The van der Waals surface area contributed by atoms with Crippen LogP contribution in [0, 0.1) is 5.41 Å². The highest BCUT2D eigenvalue weighted by Crippen LogP contribution is 2.30. The number of rotatable bonds is 15. The van der Waals surface area contributed by atoms with Gasteiger partial charge in [-0.3, -0.25) is 9.98 Å². The molecule has 3 aromatic rings. The molecule has 0 fully saturated rings. The molecule has 0 spiro atoms. The van der Waals surface area contributed by atoms with Gasteiger partial charge in [0.15, 0.2) is 0 Å². The van der Waals surface area contributed by atoms with E-state index in [0.717, 1.165) is 61.1 Å². The maximum Gasteiger partial charge on any atom is 0.144 e. The first-order valence-electron chi connectivity index (χ1n) is 15.1. The average Bonchev–Trinajstić information content (AvgIpc) is 3.00. The van der Waals surface area contributed by atoms with Crippen LogP contribution in [0.25, 0.3) is 16.6 Å². The number of aliphatic imine (C=N–C) groups is 1. The van der Waals surface area contributed by atoms with Gasteiger partial charge >= 0.3 is 0 Å². The number of benzene rings is 2. The minimum atomic E-state index is 0.0358. The van der Waals surface area contributed by atoms with Gasteiger partial charge in [-0.25, -0.2) is 0 Å². The van der Waals surface area contributed by atoms with Crippen molar-refractivity contribution in [2.24, 2.45) is 16.1 Å². The van der Waals surface area contributed by atoms with Crippen molar-refractivity contribution < 1.29 is 4.74 Å². The second-order valence-corrected chi connectivity index (χ2v) is 12.4. The first-order valence-corrected chi connectivity index (χ1v) is 16.3. The number of nitrogens with two attached hydrogens (primary N) is 1. The Morgan fingerprint density at radius 3 is 2.55 bits per heavy atom. The first kappa shape index (κ1) is 35.3. The van der Waals surface area contributed by atoms with Gasteiger partial charge in [-0.2, -0.15) is 0 Å². The smallest absolute Gasteiger partial charge is 0.144 e. The minimum absolute atomic E-state index is 0.0358. The quantitative estimate of drug-likeness (QED) is 0.110. The van der Waals surface area contributed by atoms with Gasteiger partial charge in [-0.05, 0) is 80.4 Å². The largest absolute Gasteiger partial charge is 0.494 e. The lowest BCUT2D eigenvalue weighted by Gasteiger charge is -2.24. The van der Waals surface area contributed by atoms with Crippen LogP contribution in [0.15, 0.2) is 65.8 Å². The second kappa shape index (κ2) is 18.6. The summed E-state index contributed by atoms with van der Waals surface area (Å²) in [5.41, 5.74) is 10.3. The van der Waals surface area contributed by atoms with E-state index in [-0.39, 0.29) is 5.41 Å². The van der Waals surface area contributed by atoms with Gasteiger partial charge in [-0.1, -0.05) is 65.0 Å². The van der Waals surface area contributed by atoms with Crippen LogP contribution in [0.5, 0.6) is 5.75 Å². The molecule has 2 aromatic carbocycles. The topological polar surface area (TPSA) is 67.0 Å². The van der Waals surface area contributed by atoms with Gasteiger partial charge in [0.25, 0.3) is 0 Å². The number of aromatic nitrogens is 1. The molecule has 3 rings (SSSR count). The van der Waals surface area contributed by atoms with Crippen molar-refractivity contribution in [1.82, 2.24) is 14.8 Å². The number of likely N-dealkylation sites (N-methyl/N-ethyl adjacent to an activating group) is 1. The van der Waals surface area contributed by atoms with E-state index in [1.54, 1.807) is 7.11 Å². The summed E-state index contributed by atoms with van der Waals surface area (Å²) < 4.78 is 5.54. The van der Waals surface area contributed by atoms with Crippen molar-refractivity contribution in [1.29, 1.82) is 0 Å². The summed E-state index contributed by atoms with van der Waals surface area (Å²) in [6.07, 6.45) is 9.40. The summed E-state index contributed by atoms with van der Waals surface area (Å²) in [6, 6.07) is 17.0. The number of thioether (sulfide) groups is 1. The second-order valence-electron chi connectivity index (χ2n) is 11.3. The Morgan fingerprint density at radius 2 is 1.86 bits per heavy atom. The highest BCUT2D eigenvalue weighted by atomic mass is 32.2. The molecule has 0 amide bonds. The number of pyridine rings is 1. The van der Waals surface area contributed by atoms with Crippen molar-refractivity contribution in [3.05, 3.63) is 71.9 Å². The lowest BCUT2D eigenvalue weighted by atomic mass is 9.99. The van der Waals surface area contributed by atoms with E-state index >= 15 is 0 Å². The molecular formula is C35H53N5OS. The van der Waals surface area contributed by atoms with Gasteiger partial charge in [0.1, 0.15) is 11.4 Å². The molecule has 0 saturated carbocycles. The zero-order valence-electron chi connectivity index (χ0n) is 27.2. The summed E-state index contributed by atoms with van der Waals surface area (Å²) in [5.74, 6) is 2.94. The van der Waals surface area contributed by atoms with Crippen LogP contribution in [0.2, 0.25) is 0 Å². The molecule has 42 heavy (non-hydrogen) atoms. The Kier molecular flexibility index (Phi) is 15.7. The highest BCUT2D eigenvalue weighted by Gasteiger charge is 2.12. The summed E-state index contributed by atoms with van der Waals surface area (Å²) in [7, 11) is 5.42. The third-order valence-electron chi connectivity index (χ3n) is 6.78. The van der Waals surface area contributed by atoms with E-state index in [0.29, 0.717) is 0 Å². The summed E-state index contributed by atoms with van der Waals surface area (Å²) >= 11 is 2.01. The molecule has 1 aromatic heterocycles. The minimum Gasteiger partial charge on any atom is -0.494 e. The zero-order chi connectivity index (χ0) is 31.0. The number of allylic oxidation sites excluding steroid dienone is 1. The number of hydrogen-bond donors (Lipinski definition) is 1.